The molecule has 1 heterocycles. The highest BCUT2D eigenvalue weighted by Gasteiger charge is 2.50. The van der Waals surface area contributed by atoms with Gasteiger partial charge in [-0.15, -0.1) is 0 Å². The first-order valence-electron chi connectivity index (χ1n) is 17.9. The van der Waals surface area contributed by atoms with E-state index in [-0.39, 0.29) is 5.41 Å². The van der Waals surface area contributed by atoms with Crippen LogP contribution in [0, 0.1) is 0 Å². The van der Waals surface area contributed by atoms with Crippen LogP contribution in [-0.4, -0.2) is 32.8 Å². The number of hydrogen-bond acceptors (Lipinski definition) is 2. The number of allylic oxidation sites excluding steroid dienone is 7. The maximum atomic E-state index is 12.5. The maximum Gasteiger partial charge on any atom is 0.416 e. The van der Waals surface area contributed by atoms with Gasteiger partial charge in [-0.25, -0.2) is 9.59 Å². The van der Waals surface area contributed by atoms with Crippen LogP contribution in [0.4, 0.5) is 15.3 Å². The van der Waals surface area contributed by atoms with Crippen molar-refractivity contribution in [3.63, 3.8) is 0 Å². The van der Waals surface area contributed by atoms with Gasteiger partial charge in [0.05, 0.1) is 16.9 Å². The van der Waals surface area contributed by atoms with Crippen molar-refractivity contribution in [2.45, 2.75) is 78.7 Å². The van der Waals surface area contributed by atoms with Crippen LogP contribution >= 0.6 is 0 Å². The molecule has 6 nitrogen and oxygen atoms in total. The molecule has 0 spiro atoms. The standard InChI is InChI=1S/C28H31NO2.C18H19NO2/c1-6-12-20(13-7-2)18-19-29(27(30)31)26-24-17-11-9-15-22(24)21-14-8-10-16-23(21)25(26)28(3,4)5;1-4-12-9-7-10-13-8-5-6-11-14(13)16-15(12)18(2,3)19(16)17(20)21/h6,8-12,14-19H,1,7,13H2,2-5H3,(H,30,31);4-9,11H,10H2,1-3H3,(H,20,21)/b19-18+,20-12+;9-7-,12-4+. The molecule has 6 heteroatoms. The summed E-state index contributed by atoms with van der Waals surface area (Å²) in [6, 6.07) is 24.4. The quantitative estimate of drug-likeness (QED) is 0.155. The summed E-state index contributed by atoms with van der Waals surface area (Å²) < 4.78 is 0. The van der Waals surface area contributed by atoms with Gasteiger partial charge < -0.3 is 10.2 Å². The second-order valence-electron chi connectivity index (χ2n) is 14.7. The van der Waals surface area contributed by atoms with Crippen molar-refractivity contribution in [3.05, 3.63) is 155 Å². The third kappa shape index (κ3) is 7.11. The van der Waals surface area contributed by atoms with E-state index in [1.54, 1.807) is 12.3 Å². The average molecular weight is 695 g/mol. The van der Waals surface area contributed by atoms with E-state index in [0.29, 0.717) is 0 Å². The molecule has 0 fully saturated rings. The Kier molecular flexibility index (Phi) is 11.1. The van der Waals surface area contributed by atoms with Crippen LogP contribution in [-0.2, 0) is 11.8 Å². The highest BCUT2D eigenvalue weighted by Crippen LogP contribution is 2.51. The third-order valence-electron chi connectivity index (χ3n) is 9.74. The number of carboxylic acid groups (broad SMARTS) is 2. The number of fused-ring (bicyclic) bond motifs is 5. The van der Waals surface area contributed by atoms with Gasteiger partial charge in [-0.3, -0.25) is 9.80 Å². The molecule has 4 aromatic carbocycles. The smallest absolute Gasteiger partial charge is 0.416 e. The van der Waals surface area contributed by atoms with E-state index in [1.165, 1.54) is 9.80 Å². The van der Waals surface area contributed by atoms with E-state index >= 15 is 0 Å². The number of carbonyl (C=O) groups is 2. The van der Waals surface area contributed by atoms with Gasteiger partial charge in [0.2, 0.25) is 0 Å². The molecule has 1 aliphatic heterocycles. The zero-order valence-corrected chi connectivity index (χ0v) is 31.4. The van der Waals surface area contributed by atoms with Crippen molar-refractivity contribution in [1.29, 1.82) is 0 Å². The van der Waals surface area contributed by atoms with Crippen LogP contribution < -0.4 is 4.90 Å². The summed E-state index contributed by atoms with van der Waals surface area (Å²) >= 11 is 0. The van der Waals surface area contributed by atoms with Crippen molar-refractivity contribution in [2.24, 2.45) is 0 Å². The zero-order valence-electron chi connectivity index (χ0n) is 31.4. The fraction of sp³-hybridized carbons (Fsp3) is 0.261. The number of hydrogen-bond donors (Lipinski definition) is 2. The van der Waals surface area contributed by atoms with Gasteiger partial charge in [0.1, 0.15) is 0 Å². The highest BCUT2D eigenvalue weighted by atomic mass is 16.4. The average Bonchev–Trinajstić information content (AvgIpc) is 3.09. The molecule has 2 aliphatic rings. The van der Waals surface area contributed by atoms with Gasteiger partial charge in [0.15, 0.2) is 0 Å². The number of nitrogens with zero attached hydrogens (tertiary/aromatic N) is 2. The summed E-state index contributed by atoms with van der Waals surface area (Å²) in [5.41, 5.74) is 7.28. The number of amides is 2. The van der Waals surface area contributed by atoms with E-state index in [2.05, 4.69) is 76.8 Å². The van der Waals surface area contributed by atoms with Gasteiger partial charge >= 0.3 is 12.2 Å². The van der Waals surface area contributed by atoms with Crippen molar-refractivity contribution < 1.29 is 19.8 Å². The first-order chi connectivity index (χ1) is 24.8. The summed E-state index contributed by atoms with van der Waals surface area (Å²) in [6.45, 7) is 18.2. The molecule has 0 aromatic heterocycles. The summed E-state index contributed by atoms with van der Waals surface area (Å²) in [5, 5.41) is 24.1. The van der Waals surface area contributed by atoms with Crippen LogP contribution in [0.1, 0.15) is 78.0 Å². The van der Waals surface area contributed by atoms with Gasteiger partial charge in [-0.05, 0) is 83.5 Å². The fourth-order valence-corrected chi connectivity index (χ4v) is 7.58. The molecule has 6 rings (SSSR count). The number of rotatable bonds is 6. The topological polar surface area (TPSA) is 81.1 Å². The summed E-state index contributed by atoms with van der Waals surface area (Å²) in [4.78, 5) is 27.1. The molecule has 1 aliphatic carbocycles. The minimum Gasteiger partial charge on any atom is -0.465 e. The molecule has 0 radical (unpaired) electrons. The Morgan fingerprint density at radius 2 is 1.52 bits per heavy atom. The molecule has 52 heavy (non-hydrogen) atoms. The molecule has 2 amide bonds. The molecule has 268 valence electrons. The summed E-state index contributed by atoms with van der Waals surface area (Å²) in [5.74, 6) is 0. The minimum absolute atomic E-state index is 0.260. The second kappa shape index (κ2) is 15.3. The highest BCUT2D eigenvalue weighted by molar-refractivity contribution is 6.18. The van der Waals surface area contributed by atoms with E-state index in [1.807, 2.05) is 81.5 Å². The van der Waals surface area contributed by atoms with Crippen LogP contribution in [0.2, 0.25) is 0 Å². The van der Waals surface area contributed by atoms with Crippen LogP contribution in [0.5, 0.6) is 0 Å². The van der Waals surface area contributed by atoms with Crippen LogP contribution in [0.25, 0.3) is 27.2 Å². The molecule has 2 N–H and O–H groups in total. The van der Waals surface area contributed by atoms with Gasteiger partial charge in [-0.1, -0.05) is 144 Å². The summed E-state index contributed by atoms with van der Waals surface area (Å²) in [6.07, 6.45) is 14.3. The number of anilines is 1. The van der Waals surface area contributed by atoms with Crippen LogP contribution in [0.15, 0.2) is 139 Å². The van der Waals surface area contributed by atoms with E-state index < -0.39 is 17.7 Å². The third-order valence-corrected chi connectivity index (χ3v) is 9.74. The van der Waals surface area contributed by atoms with Gasteiger partial charge in [-0.2, -0.15) is 0 Å². The normalized spacial score (nSPS) is 16.7. The van der Waals surface area contributed by atoms with Gasteiger partial charge in [0.25, 0.3) is 0 Å². The van der Waals surface area contributed by atoms with Crippen LogP contribution in [0.3, 0.4) is 0 Å². The second-order valence-corrected chi connectivity index (χ2v) is 14.7. The Bertz CT molecular complexity index is 2190. The largest absolute Gasteiger partial charge is 0.465 e. The summed E-state index contributed by atoms with van der Waals surface area (Å²) in [7, 11) is 0. The Hall–Kier alpha value is -5.62. The lowest BCUT2D eigenvalue weighted by Gasteiger charge is -2.51. The Labute approximate surface area is 308 Å². The minimum atomic E-state index is -1.00. The lowest BCUT2D eigenvalue weighted by molar-refractivity contribution is 0.127. The maximum absolute atomic E-state index is 12.5. The van der Waals surface area contributed by atoms with Gasteiger partial charge in [0, 0.05) is 22.7 Å². The van der Waals surface area contributed by atoms with E-state index in [4.69, 9.17) is 0 Å². The monoisotopic (exact) mass is 694 g/mol. The van der Waals surface area contributed by atoms with Crippen molar-refractivity contribution in [2.75, 3.05) is 4.90 Å². The van der Waals surface area contributed by atoms with Crippen molar-refractivity contribution >= 4 is 45.1 Å². The van der Waals surface area contributed by atoms with Crippen molar-refractivity contribution in [3.8, 4) is 0 Å². The first kappa shape index (κ1) is 37.6. The molecule has 0 atom stereocenters. The first-order valence-corrected chi connectivity index (χ1v) is 17.9. The zero-order chi connectivity index (χ0) is 37.8. The SMILES string of the molecule is C/C=C1\C=C/Cc2ccccc2C2=C1C(C)(C)N2C(=O)O.C=C/C=C(/C=C/N(C(=O)O)c1c(C(C)(C)C)c2ccccc2c2ccccc12)CCC. The lowest BCUT2D eigenvalue weighted by Crippen LogP contribution is -2.56. The predicted molar refractivity (Wildman–Crippen MR) is 217 cm³/mol. The van der Waals surface area contributed by atoms with E-state index in [0.717, 1.165) is 85.6 Å². The Balaban J connectivity index is 0.000000216. The Morgan fingerprint density at radius 3 is 2.10 bits per heavy atom. The molecule has 0 unspecified atom stereocenters. The fourth-order valence-electron chi connectivity index (χ4n) is 7.58. The lowest BCUT2D eigenvalue weighted by atomic mass is 9.73. The van der Waals surface area contributed by atoms with E-state index in [9.17, 15) is 19.8 Å². The molecular formula is C46H50N2O4. The molecular weight excluding hydrogens is 645 g/mol. The number of benzene rings is 4. The molecule has 0 saturated heterocycles. The van der Waals surface area contributed by atoms with Crippen molar-refractivity contribution in [1.82, 2.24) is 4.90 Å². The molecule has 0 saturated carbocycles. The molecule has 0 bridgehead atoms. The Morgan fingerprint density at radius 1 is 0.923 bits per heavy atom. The predicted octanol–water partition coefficient (Wildman–Crippen LogP) is 12.4. The molecule has 4 aromatic rings.